The second kappa shape index (κ2) is 5.52. The number of anilines is 1. The van der Waals surface area contributed by atoms with Crippen LogP contribution in [0.3, 0.4) is 0 Å². The van der Waals surface area contributed by atoms with Crippen molar-refractivity contribution in [2.75, 3.05) is 5.32 Å². The van der Waals surface area contributed by atoms with E-state index < -0.39 is 12.0 Å². The van der Waals surface area contributed by atoms with Gasteiger partial charge in [0, 0.05) is 4.88 Å². The first kappa shape index (κ1) is 13.7. The average Bonchev–Trinajstić information content (AvgIpc) is 2.75. The van der Waals surface area contributed by atoms with Crippen molar-refractivity contribution >= 4 is 33.3 Å². The molecule has 0 saturated carbocycles. The molecule has 0 bridgehead atoms. The molecule has 2 aromatic rings. The molecule has 2 unspecified atom stereocenters. The van der Waals surface area contributed by atoms with Gasteiger partial charge < -0.3 is 10.4 Å². The number of fused-ring (bicyclic) bond motifs is 1. The molecule has 2 rings (SSSR count). The third-order valence-electron chi connectivity index (χ3n) is 3.22. The van der Waals surface area contributed by atoms with Gasteiger partial charge in [0.15, 0.2) is 0 Å². The van der Waals surface area contributed by atoms with E-state index in [-0.39, 0.29) is 5.92 Å². The standard InChI is InChI=1S/C13H17N3O2S/c1-4-7(2)10(13(17)18)16-11-9-5-8(3)19-12(9)15-6-14-11/h5-7,10H,4H2,1-3H3,(H,17,18)(H,14,15,16). The third-order valence-corrected chi connectivity index (χ3v) is 4.18. The summed E-state index contributed by atoms with van der Waals surface area (Å²) in [6.45, 7) is 5.90. The number of nitrogens with zero attached hydrogens (tertiary/aromatic N) is 2. The zero-order chi connectivity index (χ0) is 14.0. The quantitative estimate of drug-likeness (QED) is 0.880. The summed E-state index contributed by atoms with van der Waals surface area (Å²) in [7, 11) is 0. The van der Waals surface area contributed by atoms with Gasteiger partial charge in [-0.2, -0.15) is 0 Å². The zero-order valence-corrected chi connectivity index (χ0v) is 12.0. The normalized spacial score (nSPS) is 14.3. The largest absolute Gasteiger partial charge is 0.480 e. The van der Waals surface area contributed by atoms with Crippen LogP contribution in [0.2, 0.25) is 0 Å². The number of carbonyl (C=O) groups is 1. The number of hydrogen-bond donors (Lipinski definition) is 2. The number of hydrogen-bond acceptors (Lipinski definition) is 5. The minimum absolute atomic E-state index is 0.0299. The predicted octanol–water partition coefficient (Wildman–Crippen LogP) is 2.91. The fourth-order valence-electron chi connectivity index (χ4n) is 1.92. The Kier molecular flexibility index (Phi) is 3.99. The highest BCUT2D eigenvalue weighted by Crippen LogP contribution is 2.28. The number of carboxylic acids is 1. The van der Waals surface area contributed by atoms with E-state index in [0.29, 0.717) is 5.82 Å². The lowest BCUT2D eigenvalue weighted by Gasteiger charge is -2.20. The van der Waals surface area contributed by atoms with Crippen molar-refractivity contribution in [3.63, 3.8) is 0 Å². The molecule has 0 spiro atoms. The Bertz CT molecular complexity index is 597. The fourth-order valence-corrected chi connectivity index (χ4v) is 2.77. The average molecular weight is 279 g/mol. The first-order valence-electron chi connectivity index (χ1n) is 6.23. The highest BCUT2D eigenvalue weighted by Gasteiger charge is 2.24. The van der Waals surface area contributed by atoms with Crippen molar-refractivity contribution < 1.29 is 9.90 Å². The molecule has 5 nitrogen and oxygen atoms in total. The topological polar surface area (TPSA) is 75.1 Å². The fraction of sp³-hybridized carbons (Fsp3) is 0.462. The van der Waals surface area contributed by atoms with Gasteiger partial charge in [-0.1, -0.05) is 20.3 Å². The number of nitrogens with one attached hydrogen (secondary N) is 1. The number of thiophene rings is 1. The Morgan fingerprint density at radius 3 is 2.89 bits per heavy atom. The van der Waals surface area contributed by atoms with E-state index in [1.54, 1.807) is 11.3 Å². The molecular formula is C13H17N3O2S. The summed E-state index contributed by atoms with van der Waals surface area (Å²) in [6.07, 6.45) is 2.26. The number of aromatic nitrogens is 2. The highest BCUT2D eigenvalue weighted by atomic mass is 32.1. The first-order valence-corrected chi connectivity index (χ1v) is 7.05. The van der Waals surface area contributed by atoms with Crippen LogP contribution in [0.5, 0.6) is 0 Å². The lowest BCUT2D eigenvalue weighted by atomic mass is 9.99. The monoisotopic (exact) mass is 279 g/mol. The van der Waals surface area contributed by atoms with E-state index in [2.05, 4.69) is 15.3 Å². The van der Waals surface area contributed by atoms with Crippen molar-refractivity contribution in [2.45, 2.75) is 33.2 Å². The maximum atomic E-state index is 11.3. The van der Waals surface area contributed by atoms with Gasteiger partial charge in [0.1, 0.15) is 23.0 Å². The summed E-state index contributed by atoms with van der Waals surface area (Å²) >= 11 is 1.58. The Morgan fingerprint density at radius 2 is 2.26 bits per heavy atom. The lowest BCUT2D eigenvalue weighted by Crippen LogP contribution is -2.35. The number of carboxylic acid groups (broad SMARTS) is 1. The smallest absolute Gasteiger partial charge is 0.326 e. The molecule has 6 heteroatoms. The van der Waals surface area contributed by atoms with Crippen LogP contribution in [0.1, 0.15) is 25.1 Å². The van der Waals surface area contributed by atoms with Crippen LogP contribution in [-0.2, 0) is 4.79 Å². The Balaban J connectivity index is 2.36. The minimum atomic E-state index is -0.854. The molecule has 0 amide bonds. The van der Waals surface area contributed by atoms with E-state index in [1.165, 1.54) is 6.33 Å². The minimum Gasteiger partial charge on any atom is -0.480 e. The molecule has 2 aromatic heterocycles. The van der Waals surface area contributed by atoms with Crippen molar-refractivity contribution in [3.05, 3.63) is 17.3 Å². The highest BCUT2D eigenvalue weighted by molar-refractivity contribution is 7.18. The lowest BCUT2D eigenvalue weighted by molar-refractivity contribution is -0.139. The van der Waals surface area contributed by atoms with E-state index >= 15 is 0 Å². The molecule has 0 fully saturated rings. The summed E-state index contributed by atoms with van der Waals surface area (Å²) < 4.78 is 0. The maximum absolute atomic E-state index is 11.3. The van der Waals surface area contributed by atoms with Crippen molar-refractivity contribution in [1.29, 1.82) is 0 Å². The number of aryl methyl sites for hydroxylation is 1. The Labute approximate surface area is 115 Å². The molecule has 0 saturated heterocycles. The van der Waals surface area contributed by atoms with Crippen LogP contribution in [0.25, 0.3) is 10.2 Å². The summed E-state index contributed by atoms with van der Waals surface area (Å²) in [6, 6.07) is 1.35. The van der Waals surface area contributed by atoms with Crippen LogP contribution in [-0.4, -0.2) is 27.1 Å². The van der Waals surface area contributed by atoms with E-state index in [9.17, 15) is 9.90 Å². The van der Waals surface area contributed by atoms with Gasteiger partial charge in [0.2, 0.25) is 0 Å². The summed E-state index contributed by atoms with van der Waals surface area (Å²) in [5, 5.41) is 13.2. The van der Waals surface area contributed by atoms with Gasteiger partial charge in [-0.25, -0.2) is 14.8 Å². The van der Waals surface area contributed by atoms with Gasteiger partial charge in [-0.15, -0.1) is 11.3 Å². The van der Waals surface area contributed by atoms with Crippen molar-refractivity contribution in [1.82, 2.24) is 9.97 Å². The first-order chi connectivity index (χ1) is 9.02. The van der Waals surface area contributed by atoms with Crippen LogP contribution in [0.4, 0.5) is 5.82 Å². The second-order valence-corrected chi connectivity index (χ2v) is 5.88. The predicted molar refractivity (Wildman–Crippen MR) is 76.7 cm³/mol. The molecule has 0 radical (unpaired) electrons. The van der Waals surface area contributed by atoms with Crippen LogP contribution < -0.4 is 5.32 Å². The zero-order valence-electron chi connectivity index (χ0n) is 11.2. The summed E-state index contributed by atoms with van der Waals surface area (Å²) in [5.74, 6) is -0.225. The van der Waals surface area contributed by atoms with Crippen LogP contribution in [0, 0.1) is 12.8 Å². The molecule has 0 aliphatic heterocycles. The number of rotatable bonds is 5. The van der Waals surface area contributed by atoms with E-state index in [1.807, 2.05) is 26.8 Å². The van der Waals surface area contributed by atoms with Gasteiger partial charge in [0.25, 0.3) is 0 Å². The summed E-state index contributed by atoms with van der Waals surface area (Å²) in [4.78, 5) is 21.7. The number of aliphatic carboxylic acids is 1. The van der Waals surface area contributed by atoms with Gasteiger partial charge in [0.05, 0.1) is 5.39 Å². The molecule has 0 aromatic carbocycles. The van der Waals surface area contributed by atoms with E-state index in [0.717, 1.165) is 21.5 Å². The Morgan fingerprint density at radius 1 is 1.53 bits per heavy atom. The van der Waals surface area contributed by atoms with E-state index in [4.69, 9.17) is 0 Å². The molecule has 2 atom stereocenters. The van der Waals surface area contributed by atoms with Gasteiger partial charge in [-0.3, -0.25) is 0 Å². The molecule has 0 aliphatic rings. The van der Waals surface area contributed by atoms with Crippen LogP contribution in [0.15, 0.2) is 12.4 Å². The van der Waals surface area contributed by atoms with Crippen molar-refractivity contribution in [3.8, 4) is 0 Å². The van der Waals surface area contributed by atoms with Crippen molar-refractivity contribution in [2.24, 2.45) is 5.92 Å². The molecular weight excluding hydrogens is 262 g/mol. The maximum Gasteiger partial charge on any atom is 0.326 e. The van der Waals surface area contributed by atoms with Gasteiger partial charge in [-0.05, 0) is 18.9 Å². The molecule has 19 heavy (non-hydrogen) atoms. The van der Waals surface area contributed by atoms with Crippen LogP contribution >= 0.6 is 11.3 Å². The molecule has 0 aliphatic carbocycles. The third kappa shape index (κ3) is 2.84. The Hall–Kier alpha value is -1.69. The summed E-state index contributed by atoms with van der Waals surface area (Å²) in [5.41, 5.74) is 0. The SMILES string of the molecule is CCC(C)C(Nc1ncnc2sc(C)cc12)C(=O)O. The molecule has 102 valence electrons. The molecule has 2 heterocycles. The molecule has 2 N–H and O–H groups in total. The van der Waals surface area contributed by atoms with Gasteiger partial charge >= 0.3 is 5.97 Å². The second-order valence-electron chi connectivity index (χ2n) is 4.64.